The minimum absolute atomic E-state index is 0.737. The van der Waals surface area contributed by atoms with Crippen LogP contribution >= 0.6 is 0 Å². The maximum absolute atomic E-state index is 5.70. The molecule has 1 aliphatic carbocycles. The average Bonchev–Trinajstić information content (AvgIpc) is 3.26. The predicted molar refractivity (Wildman–Crippen MR) is 78.4 cm³/mol. The lowest BCUT2D eigenvalue weighted by Crippen LogP contribution is -2.16. The van der Waals surface area contributed by atoms with Crippen molar-refractivity contribution >= 4 is 0 Å². The van der Waals surface area contributed by atoms with Gasteiger partial charge in [-0.1, -0.05) is 32.6 Å². The van der Waals surface area contributed by atoms with Crippen molar-refractivity contribution in [1.29, 1.82) is 0 Å². The first-order valence-electron chi connectivity index (χ1n) is 7.69. The van der Waals surface area contributed by atoms with Gasteiger partial charge in [-0.3, -0.25) is 4.98 Å². The van der Waals surface area contributed by atoms with E-state index in [9.17, 15) is 0 Å². The molecule has 0 unspecified atom stereocenters. The molecule has 1 heterocycles. The second-order valence-electron chi connectivity index (χ2n) is 5.40. The van der Waals surface area contributed by atoms with Crippen LogP contribution in [-0.2, 0) is 6.54 Å². The van der Waals surface area contributed by atoms with Gasteiger partial charge in [0.05, 0.1) is 18.5 Å². The summed E-state index contributed by atoms with van der Waals surface area (Å²) in [7, 11) is 0. The first kappa shape index (κ1) is 14.3. The van der Waals surface area contributed by atoms with Crippen LogP contribution in [-0.4, -0.2) is 17.6 Å². The van der Waals surface area contributed by atoms with E-state index in [0.29, 0.717) is 0 Å². The Hall–Kier alpha value is -1.09. The number of ether oxygens (including phenoxy) is 1. The zero-order chi connectivity index (χ0) is 13.3. The highest BCUT2D eigenvalue weighted by Gasteiger charge is 2.19. The largest absolute Gasteiger partial charge is 0.492 e. The third-order valence-electron chi connectivity index (χ3n) is 3.46. The van der Waals surface area contributed by atoms with Gasteiger partial charge in [-0.15, -0.1) is 0 Å². The summed E-state index contributed by atoms with van der Waals surface area (Å²) in [5.41, 5.74) is 1.10. The molecule has 19 heavy (non-hydrogen) atoms. The van der Waals surface area contributed by atoms with Gasteiger partial charge in [0.15, 0.2) is 0 Å². The summed E-state index contributed by atoms with van der Waals surface area (Å²) in [4.78, 5) is 4.42. The van der Waals surface area contributed by atoms with E-state index in [1.165, 1.54) is 38.5 Å². The molecule has 0 amide bonds. The third-order valence-corrected chi connectivity index (χ3v) is 3.46. The monoisotopic (exact) mass is 262 g/mol. The van der Waals surface area contributed by atoms with E-state index in [1.807, 2.05) is 12.3 Å². The van der Waals surface area contributed by atoms with Crippen LogP contribution in [0.15, 0.2) is 18.3 Å². The van der Waals surface area contributed by atoms with Gasteiger partial charge in [-0.25, -0.2) is 0 Å². The lowest BCUT2D eigenvalue weighted by atomic mass is 10.2. The lowest BCUT2D eigenvalue weighted by molar-refractivity contribution is 0.303. The van der Waals surface area contributed by atoms with Gasteiger partial charge in [0, 0.05) is 12.6 Å². The predicted octanol–water partition coefficient (Wildman–Crippen LogP) is 3.68. The molecule has 106 valence electrons. The molecule has 1 N–H and O–H groups in total. The molecule has 3 heteroatoms. The second-order valence-corrected chi connectivity index (χ2v) is 5.40. The van der Waals surface area contributed by atoms with Crippen molar-refractivity contribution in [2.75, 3.05) is 6.61 Å². The van der Waals surface area contributed by atoms with E-state index in [-0.39, 0.29) is 0 Å². The summed E-state index contributed by atoms with van der Waals surface area (Å²) in [6.45, 7) is 3.93. The fraction of sp³-hybridized carbons (Fsp3) is 0.688. The SMILES string of the molecule is CCCCCCCOc1ccc(CNC2CC2)nc1. The molecule has 2 rings (SSSR count). The summed E-state index contributed by atoms with van der Waals surface area (Å²) in [6.07, 6.45) is 10.8. The van der Waals surface area contributed by atoms with Gasteiger partial charge in [0.25, 0.3) is 0 Å². The van der Waals surface area contributed by atoms with Crippen molar-refractivity contribution in [2.45, 2.75) is 64.5 Å². The van der Waals surface area contributed by atoms with Crippen LogP contribution in [0, 0.1) is 0 Å². The topological polar surface area (TPSA) is 34.1 Å². The van der Waals surface area contributed by atoms with E-state index in [1.54, 1.807) is 0 Å². The molecule has 1 fully saturated rings. The van der Waals surface area contributed by atoms with E-state index in [4.69, 9.17) is 4.74 Å². The molecule has 0 atom stereocenters. The summed E-state index contributed by atoms with van der Waals surface area (Å²) in [5, 5.41) is 3.46. The number of rotatable bonds is 10. The Morgan fingerprint density at radius 2 is 2.05 bits per heavy atom. The third kappa shape index (κ3) is 6.06. The smallest absolute Gasteiger partial charge is 0.137 e. The number of nitrogens with zero attached hydrogens (tertiary/aromatic N) is 1. The van der Waals surface area contributed by atoms with Crippen LogP contribution in [0.1, 0.15) is 57.6 Å². The fourth-order valence-electron chi connectivity index (χ4n) is 2.03. The molecule has 0 spiro atoms. The summed E-state index contributed by atoms with van der Waals surface area (Å²) in [5.74, 6) is 0.894. The number of aromatic nitrogens is 1. The quantitative estimate of drug-likeness (QED) is 0.653. The number of nitrogens with one attached hydrogen (secondary N) is 1. The second kappa shape index (κ2) is 8.16. The summed E-state index contributed by atoms with van der Waals surface area (Å²) >= 11 is 0. The maximum atomic E-state index is 5.70. The zero-order valence-corrected chi connectivity index (χ0v) is 12.0. The Morgan fingerprint density at radius 1 is 1.21 bits per heavy atom. The molecule has 1 aromatic rings. The molecule has 0 radical (unpaired) electrons. The van der Waals surface area contributed by atoms with Crippen molar-refractivity contribution in [1.82, 2.24) is 10.3 Å². The number of hydrogen-bond acceptors (Lipinski definition) is 3. The lowest BCUT2D eigenvalue weighted by Gasteiger charge is -2.07. The van der Waals surface area contributed by atoms with Crippen molar-refractivity contribution in [3.63, 3.8) is 0 Å². The van der Waals surface area contributed by atoms with Crippen LogP contribution in [0.25, 0.3) is 0 Å². The molecule has 1 saturated carbocycles. The van der Waals surface area contributed by atoms with Crippen LogP contribution in [0.2, 0.25) is 0 Å². The first-order valence-corrected chi connectivity index (χ1v) is 7.69. The standard InChI is InChI=1S/C16H26N2O/c1-2-3-4-5-6-11-19-16-10-9-15(18-13-16)12-17-14-7-8-14/h9-10,13-14,17H,2-8,11-12H2,1H3. The minimum atomic E-state index is 0.737. The Balaban J connectivity index is 1.58. The molecule has 0 aromatic carbocycles. The molecule has 0 aliphatic heterocycles. The van der Waals surface area contributed by atoms with Crippen LogP contribution < -0.4 is 10.1 Å². The highest BCUT2D eigenvalue weighted by molar-refractivity contribution is 5.19. The molecular weight excluding hydrogens is 236 g/mol. The van der Waals surface area contributed by atoms with Crippen LogP contribution in [0.4, 0.5) is 0 Å². The molecule has 0 saturated heterocycles. The van der Waals surface area contributed by atoms with Gasteiger partial charge in [-0.05, 0) is 31.4 Å². The minimum Gasteiger partial charge on any atom is -0.492 e. The number of pyridine rings is 1. The van der Waals surface area contributed by atoms with Crippen molar-refractivity contribution in [2.24, 2.45) is 0 Å². The average molecular weight is 262 g/mol. The van der Waals surface area contributed by atoms with E-state index >= 15 is 0 Å². The Labute approximate surface area is 116 Å². The molecule has 3 nitrogen and oxygen atoms in total. The van der Waals surface area contributed by atoms with Crippen LogP contribution in [0.5, 0.6) is 5.75 Å². The van der Waals surface area contributed by atoms with Gasteiger partial charge in [0.1, 0.15) is 5.75 Å². The number of unbranched alkanes of at least 4 members (excludes halogenated alkanes) is 4. The summed E-state index contributed by atoms with van der Waals surface area (Å²) < 4.78 is 5.70. The van der Waals surface area contributed by atoms with Crippen molar-refractivity contribution < 1.29 is 4.74 Å². The van der Waals surface area contributed by atoms with Crippen LogP contribution in [0.3, 0.4) is 0 Å². The van der Waals surface area contributed by atoms with Gasteiger partial charge >= 0.3 is 0 Å². The summed E-state index contributed by atoms with van der Waals surface area (Å²) in [6, 6.07) is 4.82. The van der Waals surface area contributed by atoms with Gasteiger partial charge in [0.2, 0.25) is 0 Å². The molecule has 1 aliphatic rings. The maximum Gasteiger partial charge on any atom is 0.137 e. The first-order chi connectivity index (χ1) is 9.38. The Kier molecular flexibility index (Phi) is 6.15. The van der Waals surface area contributed by atoms with E-state index < -0.39 is 0 Å². The Morgan fingerprint density at radius 3 is 2.74 bits per heavy atom. The fourth-order valence-corrected chi connectivity index (χ4v) is 2.03. The Bertz CT molecular complexity index is 346. The molecule has 0 bridgehead atoms. The highest BCUT2D eigenvalue weighted by Crippen LogP contribution is 2.19. The van der Waals surface area contributed by atoms with Gasteiger partial charge < -0.3 is 10.1 Å². The molecule has 1 aromatic heterocycles. The zero-order valence-electron chi connectivity index (χ0n) is 12.0. The van der Waals surface area contributed by atoms with E-state index in [2.05, 4.69) is 23.3 Å². The highest BCUT2D eigenvalue weighted by atomic mass is 16.5. The van der Waals surface area contributed by atoms with Crippen molar-refractivity contribution in [3.8, 4) is 5.75 Å². The van der Waals surface area contributed by atoms with E-state index in [0.717, 1.165) is 37.1 Å². The van der Waals surface area contributed by atoms with Crippen molar-refractivity contribution in [3.05, 3.63) is 24.0 Å². The van der Waals surface area contributed by atoms with Gasteiger partial charge in [-0.2, -0.15) is 0 Å². The molecular formula is C16H26N2O. The normalized spacial score (nSPS) is 14.6. The number of hydrogen-bond donors (Lipinski definition) is 1.